The highest BCUT2D eigenvalue weighted by atomic mass is 16.4. The van der Waals surface area contributed by atoms with E-state index in [1.54, 1.807) is 7.05 Å². The van der Waals surface area contributed by atoms with E-state index in [9.17, 15) is 9.59 Å². The zero-order valence-electron chi connectivity index (χ0n) is 10.3. The van der Waals surface area contributed by atoms with Crippen LogP contribution in [0.2, 0.25) is 0 Å². The van der Waals surface area contributed by atoms with Gasteiger partial charge in [-0.25, -0.2) is 0 Å². The Labute approximate surface area is 101 Å². The second kappa shape index (κ2) is 5.48. The molecule has 0 aromatic heterocycles. The van der Waals surface area contributed by atoms with Crippen molar-refractivity contribution < 1.29 is 14.7 Å². The third-order valence-corrected chi connectivity index (χ3v) is 2.95. The standard InChI is InChI=1S/C13H17NO3/c1-9(13(16)17)12(15)14(3)10(2)11-7-5-4-6-8-11/h4-10H,1-3H3,(H,16,17). The number of amides is 1. The Bertz CT molecular complexity index is 402. The van der Waals surface area contributed by atoms with E-state index in [0.29, 0.717) is 0 Å². The normalized spacial score (nSPS) is 13.8. The van der Waals surface area contributed by atoms with Crippen LogP contribution in [0.1, 0.15) is 25.5 Å². The van der Waals surface area contributed by atoms with E-state index in [1.165, 1.54) is 11.8 Å². The van der Waals surface area contributed by atoms with Gasteiger partial charge in [-0.3, -0.25) is 9.59 Å². The van der Waals surface area contributed by atoms with Gasteiger partial charge in [-0.05, 0) is 19.4 Å². The van der Waals surface area contributed by atoms with Crippen molar-refractivity contribution in [3.63, 3.8) is 0 Å². The van der Waals surface area contributed by atoms with E-state index < -0.39 is 11.9 Å². The predicted molar refractivity (Wildman–Crippen MR) is 64.4 cm³/mol. The molecule has 92 valence electrons. The minimum Gasteiger partial charge on any atom is -0.481 e. The molecule has 4 heteroatoms. The molecular formula is C13H17NO3. The number of carbonyl (C=O) groups is 2. The maximum absolute atomic E-state index is 11.8. The van der Waals surface area contributed by atoms with Gasteiger partial charge in [-0.15, -0.1) is 0 Å². The highest BCUT2D eigenvalue weighted by Gasteiger charge is 2.26. The predicted octanol–water partition coefficient (Wildman–Crippen LogP) is 1.93. The van der Waals surface area contributed by atoms with Gasteiger partial charge in [0.15, 0.2) is 0 Å². The Balaban J connectivity index is 2.80. The molecule has 1 aromatic carbocycles. The lowest BCUT2D eigenvalue weighted by Crippen LogP contribution is -2.37. The minimum absolute atomic E-state index is 0.134. The van der Waals surface area contributed by atoms with Crippen molar-refractivity contribution in [3.8, 4) is 0 Å². The first-order valence-corrected chi connectivity index (χ1v) is 5.49. The lowest BCUT2D eigenvalue weighted by Gasteiger charge is -2.26. The van der Waals surface area contributed by atoms with Crippen molar-refractivity contribution in [2.24, 2.45) is 5.92 Å². The summed E-state index contributed by atoms with van der Waals surface area (Å²) in [6, 6.07) is 9.39. The molecule has 1 amide bonds. The number of carboxylic acid groups (broad SMARTS) is 1. The molecule has 0 heterocycles. The highest BCUT2D eigenvalue weighted by Crippen LogP contribution is 2.19. The first-order chi connectivity index (χ1) is 7.95. The van der Waals surface area contributed by atoms with E-state index in [4.69, 9.17) is 5.11 Å². The molecule has 0 saturated carbocycles. The topological polar surface area (TPSA) is 57.6 Å². The maximum Gasteiger partial charge on any atom is 0.315 e. The van der Waals surface area contributed by atoms with E-state index in [0.717, 1.165) is 5.56 Å². The fourth-order valence-electron chi connectivity index (χ4n) is 1.56. The molecule has 1 N–H and O–H groups in total. The molecule has 4 nitrogen and oxygen atoms in total. The van der Waals surface area contributed by atoms with Gasteiger partial charge < -0.3 is 10.0 Å². The summed E-state index contributed by atoms with van der Waals surface area (Å²) in [7, 11) is 1.62. The van der Waals surface area contributed by atoms with Crippen molar-refractivity contribution in [2.75, 3.05) is 7.05 Å². The fourth-order valence-corrected chi connectivity index (χ4v) is 1.56. The summed E-state index contributed by atoms with van der Waals surface area (Å²) in [5.74, 6) is -2.48. The van der Waals surface area contributed by atoms with Crippen LogP contribution in [0.3, 0.4) is 0 Å². The van der Waals surface area contributed by atoms with Crippen molar-refractivity contribution in [1.82, 2.24) is 4.90 Å². The van der Waals surface area contributed by atoms with Gasteiger partial charge >= 0.3 is 5.97 Å². The molecule has 0 saturated heterocycles. The van der Waals surface area contributed by atoms with Crippen LogP contribution in [-0.2, 0) is 9.59 Å². The fraction of sp³-hybridized carbons (Fsp3) is 0.385. The third-order valence-electron chi connectivity index (χ3n) is 2.95. The molecule has 0 fully saturated rings. The monoisotopic (exact) mass is 235 g/mol. The zero-order valence-corrected chi connectivity index (χ0v) is 10.3. The lowest BCUT2D eigenvalue weighted by atomic mass is 10.1. The summed E-state index contributed by atoms with van der Waals surface area (Å²) in [4.78, 5) is 24.1. The zero-order chi connectivity index (χ0) is 13.0. The molecule has 0 aliphatic carbocycles. The summed E-state index contributed by atoms with van der Waals surface area (Å²) >= 11 is 0. The number of carboxylic acids is 1. The quantitative estimate of drug-likeness (QED) is 0.811. The molecule has 0 bridgehead atoms. The summed E-state index contributed by atoms with van der Waals surface area (Å²) in [5, 5.41) is 8.81. The maximum atomic E-state index is 11.8. The van der Waals surface area contributed by atoms with Gasteiger partial charge in [0.1, 0.15) is 5.92 Å². The molecule has 0 radical (unpaired) electrons. The van der Waals surface area contributed by atoms with Crippen LogP contribution >= 0.6 is 0 Å². The summed E-state index contributed by atoms with van der Waals surface area (Å²) in [5.41, 5.74) is 0.987. The Morgan fingerprint density at radius 2 is 1.71 bits per heavy atom. The van der Waals surface area contributed by atoms with E-state index in [-0.39, 0.29) is 11.9 Å². The Morgan fingerprint density at radius 1 is 1.18 bits per heavy atom. The Kier molecular flexibility index (Phi) is 4.26. The van der Waals surface area contributed by atoms with E-state index in [2.05, 4.69) is 0 Å². The van der Waals surface area contributed by atoms with Gasteiger partial charge in [0, 0.05) is 7.05 Å². The SMILES string of the molecule is CC(C(=O)O)C(=O)N(C)C(C)c1ccccc1. The number of rotatable bonds is 4. The number of aliphatic carboxylic acids is 1. The first-order valence-electron chi connectivity index (χ1n) is 5.49. The average molecular weight is 235 g/mol. The third kappa shape index (κ3) is 3.06. The number of carbonyl (C=O) groups excluding carboxylic acids is 1. The number of hydrogen-bond acceptors (Lipinski definition) is 2. The largest absolute Gasteiger partial charge is 0.481 e. The number of nitrogens with zero attached hydrogens (tertiary/aromatic N) is 1. The molecule has 0 aliphatic rings. The van der Waals surface area contributed by atoms with Crippen LogP contribution in [0.4, 0.5) is 0 Å². The second-order valence-corrected chi connectivity index (χ2v) is 4.10. The van der Waals surface area contributed by atoms with Gasteiger partial charge in [0.2, 0.25) is 5.91 Å². The van der Waals surface area contributed by atoms with Gasteiger partial charge in [0.25, 0.3) is 0 Å². The lowest BCUT2D eigenvalue weighted by molar-refractivity contribution is -0.150. The van der Waals surface area contributed by atoms with Crippen LogP contribution < -0.4 is 0 Å². The van der Waals surface area contributed by atoms with Crippen molar-refractivity contribution in [2.45, 2.75) is 19.9 Å². The van der Waals surface area contributed by atoms with Crippen LogP contribution in [0, 0.1) is 5.92 Å². The molecule has 0 spiro atoms. The van der Waals surface area contributed by atoms with E-state index in [1.807, 2.05) is 37.3 Å². The molecule has 1 rings (SSSR count). The van der Waals surface area contributed by atoms with Crippen LogP contribution in [0.15, 0.2) is 30.3 Å². The molecule has 2 unspecified atom stereocenters. The van der Waals surface area contributed by atoms with Gasteiger partial charge in [-0.1, -0.05) is 30.3 Å². The Morgan fingerprint density at radius 3 is 2.18 bits per heavy atom. The molecule has 0 aliphatic heterocycles. The van der Waals surface area contributed by atoms with Crippen molar-refractivity contribution in [1.29, 1.82) is 0 Å². The summed E-state index contributed by atoms with van der Waals surface area (Å²) in [6.07, 6.45) is 0. The van der Waals surface area contributed by atoms with Crippen LogP contribution in [0.25, 0.3) is 0 Å². The second-order valence-electron chi connectivity index (χ2n) is 4.10. The van der Waals surface area contributed by atoms with Crippen LogP contribution in [0.5, 0.6) is 0 Å². The van der Waals surface area contributed by atoms with Crippen molar-refractivity contribution >= 4 is 11.9 Å². The summed E-state index contributed by atoms with van der Waals surface area (Å²) < 4.78 is 0. The molecule has 17 heavy (non-hydrogen) atoms. The first kappa shape index (κ1) is 13.2. The minimum atomic E-state index is -1.10. The van der Waals surface area contributed by atoms with Crippen molar-refractivity contribution in [3.05, 3.63) is 35.9 Å². The molecule has 2 atom stereocenters. The van der Waals surface area contributed by atoms with Crippen LogP contribution in [-0.4, -0.2) is 28.9 Å². The summed E-state index contributed by atoms with van der Waals surface area (Å²) in [6.45, 7) is 3.28. The number of hydrogen-bond donors (Lipinski definition) is 1. The van der Waals surface area contributed by atoms with Gasteiger partial charge in [0.05, 0.1) is 6.04 Å². The number of benzene rings is 1. The van der Waals surface area contributed by atoms with E-state index >= 15 is 0 Å². The van der Waals surface area contributed by atoms with Gasteiger partial charge in [-0.2, -0.15) is 0 Å². The smallest absolute Gasteiger partial charge is 0.315 e. The molecule has 1 aromatic rings. The molecular weight excluding hydrogens is 218 g/mol. The average Bonchev–Trinajstić information content (AvgIpc) is 2.36. The highest BCUT2D eigenvalue weighted by molar-refractivity contribution is 5.96. The Hall–Kier alpha value is -1.84.